The summed E-state index contributed by atoms with van der Waals surface area (Å²) in [5.41, 5.74) is 1.83. The zero-order chi connectivity index (χ0) is 22.2. The average Bonchev–Trinajstić information content (AvgIpc) is 3.39. The van der Waals surface area contributed by atoms with Crippen LogP contribution in [0, 0.1) is 0 Å². The SMILES string of the molecule is COc1ccc2[nH]cc(C3CCN(C(=O)C4CCCN4C(=O)OC(C)(C)C)CC3)c2c1. The summed E-state index contributed by atoms with van der Waals surface area (Å²) in [5.74, 6) is 1.31. The van der Waals surface area contributed by atoms with Crippen molar-refractivity contribution in [2.75, 3.05) is 26.7 Å². The Morgan fingerprint density at radius 3 is 2.52 bits per heavy atom. The molecule has 1 N–H and O–H groups in total. The minimum absolute atomic E-state index is 0.0578. The van der Waals surface area contributed by atoms with E-state index in [9.17, 15) is 9.59 Å². The number of hydrogen-bond donors (Lipinski definition) is 1. The van der Waals surface area contributed by atoms with E-state index < -0.39 is 11.6 Å². The second-order valence-electron chi connectivity index (χ2n) is 9.59. The lowest BCUT2D eigenvalue weighted by molar-refractivity contribution is -0.137. The van der Waals surface area contributed by atoms with Crippen molar-refractivity contribution in [1.82, 2.24) is 14.8 Å². The molecule has 0 spiro atoms. The predicted octanol–water partition coefficient (Wildman–Crippen LogP) is 4.28. The number of benzene rings is 1. The van der Waals surface area contributed by atoms with Crippen molar-refractivity contribution in [1.29, 1.82) is 0 Å². The van der Waals surface area contributed by atoms with Crippen LogP contribution in [0.15, 0.2) is 24.4 Å². The van der Waals surface area contributed by atoms with Gasteiger partial charge in [-0.05, 0) is 76.1 Å². The zero-order valence-corrected chi connectivity index (χ0v) is 18.9. The molecule has 2 amide bonds. The maximum Gasteiger partial charge on any atom is 0.410 e. The van der Waals surface area contributed by atoms with Gasteiger partial charge in [0, 0.05) is 36.7 Å². The second-order valence-corrected chi connectivity index (χ2v) is 9.59. The van der Waals surface area contributed by atoms with Gasteiger partial charge < -0.3 is 19.4 Å². The van der Waals surface area contributed by atoms with Crippen LogP contribution < -0.4 is 4.74 Å². The lowest BCUT2D eigenvalue weighted by atomic mass is 9.89. The standard InChI is InChI=1S/C24H33N3O4/c1-24(2,3)31-23(29)27-11-5-6-21(27)22(28)26-12-9-16(10-13-26)19-15-25-20-8-7-17(30-4)14-18(19)20/h7-8,14-16,21,25H,5-6,9-13H2,1-4H3. The van der Waals surface area contributed by atoms with E-state index in [0.29, 0.717) is 32.0 Å². The van der Waals surface area contributed by atoms with Crippen molar-refractivity contribution in [2.24, 2.45) is 0 Å². The summed E-state index contributed by atoms with van der Waals surface area (Å²) in [7, 11) is 1.68. The fourth-order valence-electron chi connectivity index (χ4n) is 4.77. The van der Waals surface area contributed by atoms with E-state index in [0.717, 1.165) is 30.5 Å². The first-order valence-corrected chi connectivity index (χ1v) is 11.2. The molecule has 2 saturated heterocycles. The molecule has 0 radical (unpaired) electrons. The van der Waals surface area contributed by atoms with Gasteiger partial charge >= 0.3 is 6.09 Å². The van der Waals surface area contributed by atoms with Gasteiger partial charge in [-0.3, -0.25) is 9.69 Å². The average molecular weight is 428 g/mol. The molecule has 2 aliphatic heterocycles. The Morgan fingerprint density at radius 1 is 1.10 bits per heavy atom. The maximum absolute atomic E-state index is 13.2. The quantitative estimate of drug-likeness (QED) is 0.793. The van der Waals surface area contributed by atoms with E-state index >= 15 is 0 Å². The number of methoxy groups -OCH3 is 1. The largest absolute Gasteiger partial charge is 0.497 e. The fourth-order valence-corrected chi connectivity index (χ4v) is 4.77. The van der Waals surface area contributed by atoms with E-state index in [1.807, 2.05) is 37.8 Å². The van der Waals surface area contributed by atoms with Gasteiger partial charge in [-0.2, -0.15) is 0 Å². The van der Waals surface area contributed by atoms with Crippen LogP contribution in [0.2, 0.25) is 0 Å². The molecule has 1 aromatic heterocycles. The number of amides is 2. The highest BCUT2D eigenvalue weighted by atomic mass is 16.6. The van der Waals surface area contributed by atoms with Gasteiger partial charge in [-0.25, -0.2) is 4.79 Å². The minimum atomic E-state index is -0.562. The Balaban J connectivity index is 1.40. The van der Waals surface area contributed by atoms with Crippen LogP contribution in [0.5, 0.6) is 5.75 Å². The summed E-state index contributed by atoms with van der Waals surface area (Å²) in [6.07, 6.45) is 5.08. The van der Waals surface area contributed by atoms with E-state index in [1.165, 1.54) is 10.9 Å². The number of fused-ring (bicyclic) bond motifs is 1. The minimum Gasteiger partial charge on any atom is -0.497 e. The summed E-state index contributed by atoms with van der Waals surface area (Å²) >= 11 is 0. The Bertz CT molecular complexity index is 953. The van der Waals surface area contributed by atoms with Gasteiger partial charge in [0.15, 0.2) is 0 Å². The van der Waals surface area contributed by atoms with Crippen LogP contribution in [-0.4, -0.2) is 65.2 Å². The van der Waals surface area contributed by atoms with Crippen LogP contribution >= 0.6 is 0 Å². The molecule has 168 valence electrons. The number of piperidine rings is 1. The number of nitrogens with zero attached hydrogens (tertiary/aromatic N) is 2. The third-order valence-electron chi connectivity index (χ3n) is 6.33. The molecule has 1 aromatic carbocycles. The molecule has 0 saturated carbocycles. The molecule has 0 bridgehead atoms. The number of carbonyl (C=O) groups is 2. The van der Waals surface area contributed by atoms with Crippen molar-refractivity contribution in [3.05, 3.63) is 30.0 Å². The Labute approximate surface area is 183 Å². The van der Waals surface area contributed by atoms with E-state index in [1.54, 1.807) is 12.0 Å². The van der Waals surface area contributed by atoms with E-state index in [2.05, 4.69) is 17.2 Å². The highest BCUT2D eigenvalue weighted by Gasteiger charge is 2.39. The molecule has 2 aliphatic rings. The number of likely N-dealkylation sites (tertiary alicyclic amines) is 2. The highest BCUT2D eigenvalue weighted by Crippen LogP contribution is 2.35. The van der Waals surface area contributed by atoms with Crippen LogP contribution in [0.4, 0.5) is 4.79 Å². The smallest absolute Gasteiger partial charge is 0.410 e. The fraction of sp³-hybridized carbons (Fsp3) is 0.583. The van der Waals surface area contributed by atoms with Crippen molar-refractivity contribution in [3.63, 3.8) is 0 Å². The molecular weight excluding hydrogens is 394 g/mol. The third kappa shape index (κ3) is 4.50. The lowest BCUT2D eigenvalue weighted by Crippen LogP contribution is -2.50. The first-order valence-electron chi connectivity index (χ1n) is 11.2. The monoisotopic (exact) mass is 427 g/mol. The lowest BCUT2D eigenvalue weighted by Gasteiger charge is -2.36. The molecule has 3 heterocycles. The molecule has 7 nitrogen and oxygen atoms in total. The topological polar surface area (TPSA) is 74.9 Å². The van der Waals surface area contributed by atoms with Crippen molar-refractivity contribution in [3.8, 4) is 5.75 Å². The number of aromatic amines is 1. The van der Waals surface area contributed by atoms with Crippen molar-refractivity contribution in [2.45, 2.75) is 64.0 Å². The van der Waals surface area contributed by atoms with Crippen LogP contribution in [0.1, 0.15) is 57.9 Å². The second kappa shape index (κ2) is 8.44. The molecule has 1 atom stereocenters. The summed E-state index contributed by atoms with van der Waals surface area (Å²) in [6.45, 7) is 7.55. The first-order chi connectivity index (χ1) is 14.8. The number of hydrogen-bond acceptors (Lipinski definition) is 4. The Hall–Kier alpha value is -2.70. The maximum atomic E-state index is 13.2. The number of H-pyrrole nitrogens is 1. The molecule has 31 heavy (non-hydrogen) atoms. The molecule has 2 fully saturated rings. The molecule has 0 aliphatic carbocycles. The molecule has 1 unspecified atom stereocenters. The summed E-state index contributed by atoms with van der Waals surface area (Å²) < 4.78 is 10.9. The Morgan fingerprint density at radius 2 is 1.84 bits per heavy atom. The Kier molecular flexibility index (Phi) is 5.86. The van der Waals surface area contributed by atoms with E-state index in [4.69, 9.17) is 9.47 Å². The van der Waals surface area contributed by atoms with Gasteiger partial charge in [-0.15, -0.1) is 0 Å². The molecule has 2 aromatic rings. The number of aromatic nitrogens is 1. The van der Waals surface area contributed by atoms with Gasteiger partial charge in [0.05, 0.1) is 7.11 Å². The van der Waals surface area contributed by atoms with Crippen molar-refractivity contribution < 1.29 is 19.1 Å². The van der Waals surface area contributed by atoms with Crippen LogP contribution in [0.25, 0.3) is 10.9 Å². The van der Waals surface area contributed by atoms with Crippen molar-refractivity contribution >= 4 is 22.9 Å². The van der Waals surface area contributed by atoms with Gasteiger partial charge in [0.25, 0.3) is 0 Å². The third-order valence-corrected chi connectivity index (χ3v) is 6.33. The van der Waals surface area contributed by atoms with Gasteiger partial charge in [-0.1, -0.05) is 0 Å². The summed E-state index contributed by atoms with van der Waals surface area (Å²) in [6, 6.07) is 5.68. The molecule has 4 rings (SSSR count). The zero-order valence-electron chi connectivity index (χ0n) is 18.9. The van der Waals surface area contributed by atoms with Gasteiger partial charge in [0.2, 0.25) is 5.91 Å². The van der Waals surface area contributed by atoms with Crippen LogP contribution in [0.3, 0.4) is 0 Å². The summed E-state index contributed by atoms with van der Waals surface area (Å²) in [5, 5.41) is 1.19. The van der Waals surface area contributed by atoms with E-state index in [-0.39, 0.29) is 12.0 Å². The number of ether oxygens (including phenoxy) is 2. The number of carbonyl (C=O) groups excluding carboxylic acids is 2. The molecule has 7 heteroatoms. The number of nitrogens with one attached hydrogen (secondary N) is 1. The highest BCUT2D eigenvalue weighted by molar-refractivity contribution is 5.87. The molecular formula is C24H33N3O4. The summed E-state index contributed by atoms with van der Waals surface area (Å²) in [4.78, 5) is 32.7. The first kappa shape index (κ1) is 21.5. The number of rotatable bonds is 3. The normalized spacial score (nSPS) is 20.3. The van der Waals surface area contributed by atoms with Crippen LogP contribution in [-0.2, 0) is 9.53 Å². The van der Waals surface area contributed by atoms with Gasteiger partial charge in [0.1, 0.15) is 17.4 Å². The predicted molar refractivity (Wildman–Crippen MR) is 119 cm³/mol.